The lowest BCUT2D eigenvalue weighted by Gasteiger charge is -2.36. The molecule has 0 radical (unpaired) electrons. The lowest BCUT2D eigenvalue weighted by molar-refractivity contribution is 0.100. The van der Waals surface area contributed by atoms with Crippen LogP contribution in [0.4, 0.5) is 15.8 Å². The van der Waals surface area contributed by atoms with Crippen LogP contribution in [0.5, 0.6) is 0 Å². The maximum absolute atomic E-state index is 14.6. The third-order valence-electron chi connectivity index (χ3n) is 8.13. The molecule has 202 valence electrons. The van der Waals surface area contributed by atoms with E-state index in [-0.39, 0.29) is 17.8 Å². The molecule has 1 aromatic carbocycles. The van der Waals surface area contributed by atoms with Gasteiger partial charge in [-0.2, -0.15) is 5.10 Å². The molecule has 3 heterocycles. The molecule has 4 N–H and O–H groups in total. The Morgan fingerprint density at radius 1 is 1.11 bits per heavy atom. The molecule has 12 heteroatoms. The van der Waals surface area contributed by atoms with E-state index < -0.39 is 34.0 Å². The maximum Gasteiger partial charge on any atom is 0.250 e. The smallest absolute Gasteiger partial charge is 0.250 e. The van der Waals surface area contributed by atoms with Gasteiger partial charge in [-0.3, -0.25) is 9.52 Å². The summed E-state index contributed by atoms with van der Waals surface area (Å²) in [4.78, 5) is 19.5. The number of amides is 1. The second-order valence-corrected chi connectivity index (χ2v) is 12.8. The molecule has 10 nitrogen and oxygen atoms in total. The van der Waals surface area contributed by atoms with Crippen LogP contribution in [0.1, 0.15) is 48.9 Å². The Morgan fingerprint density at radius 3 is 2.47 bits per heavy atom. The van der Waals surface area contributed by atoms with Gasteiger partial charge in [-0.05, 0) is 68.2 Å². The van der Waals surface area contributed by atoms with Crippen LogP contribution in [-0.4, -0.2) is 65.3 Å². The molecule has 6 rings (SSSR count). The van der Waals surface area contributed by atoms with Crippen LogP contribution in [0.25, 0.3) is 22.3 Å². The standard InChI is InChI=1S/C26H31FN6O4S/c27-26(7-8-26)16-33-24-17(15-29-33)1-3-19(30-24)21-20(31-38(36,37)14-13-34)4-2-18(23(28)35)22(21)32-11-9-25(5-6-25)10-12-32/h1-4,15,31,34H,5-14,16H2,(H2,28,35). The number of pyridine rings is 1. The zero-order chi connectivity index (χ0) is 26.7. The lowest BCUT2D eigenvalue weighted by atomic mass is 9.91. The second kappa shape index (κ2) is 8.91. The number of sulfonamides is 1. The van der Waals surface area contributed by atoms with Gasteiger partial charge in [-0.25, -0.2) is 22.5 Å². The zero-order valence-corrected chi connectivity index (χ0v) is 21.8. The van der Waals surface area contributed by atoms with Crippen molar-refractivity contribution in [3.63, 3.8) is 0 Å². The SMILES string of the molecule is NC(=O)c1ccc(NS(=O)(=O)CCO)c(-c2ccc3cnn(CC4(F)CC4)c3n2)c1N1CCC2(CC1)CC2. The number of rotatable bonds is 9. The van der Waals surface area contributed by atoms with E-state index in [0.29, 0.717) is 53.9 Å². The van der Waals surface area contributed by atoms with Gasteiger partial charge in [0.2, 0.25) is 10.0 Å². The van der Waals surface area contributed by atoms with Gasteiger partial charge in [0.25, 0.3) is 5.91 Å². The second-order valence-electron chi connectivity index (χ2n) is 10.9. The van der Waals surface area contributed by atoms with E-state index in [1.807, 2.05) is 0 Å². The first kappa shape index (κ1) is 25.1. The molecule has 2 aliphatic carbocycles. The highest BCUT2D eigenvalue weighted by molar-refractivity contribution is 7.92. The molecule has 38 heavy (non-hydrogen) atoms. The lowest BCUT2D eigenvalue weighted by Crippen LogP contribution is -2.36. The largest absolute Gasteiger partial charge is 0.395 e. The number of primary amides is 1. The number of fused-ring (bicyclic) bond motifs is 1. The van der Waals surface area contributed by atoms with Crippen LogP contribution < -0.4 is 15.4 Å². The van der Waals surface area contributed by atoms with Crippen LogP contribution in [0.15, 0.2) is 30.5 Å². The van der Waals surface area contributed by atoms with Crippen LogP contribution in [0, 0.1) is 5.41 Å². The molecule has 1 spiro atoms. The third-order valence-corrected chi connectivity index (χ3v) is 9.39. The minimum Gasteiger partial charge on any atom is -0.395 e. The van der Waals surface area contributed by atoms with E-state index in [0.717, 1.165) is 18.2 Å². The summed E-state index contributed by atoms with van der Waals surface area (Å²) in [6, 6.07) is 6.59. The van der Waals surface area contributed by atoms with Crippen molar-refractivity contribution in [1.82, 2.24) is 14.8 Å². The average molecular weight is 543 g/mol. The number of hydrogen-bond acceptors (Lipinski definition) is 7. The van der Waals surface area contributed by atoms with Gasteiger partial charge in [-0.15, -0.1) is 0 Å². The van der Waals surface area contributed by atoms with Crippen molar-refractivity contribution in [1.29, 1.82) is 0 Å². The zero-order valence-electron chi connectivity index (χ0n) is 21.0. The predicted octanol–water partition coefficient (Wildman–Crippen LogP) is 2.81. The number of aliphatic hydroxyl groups is 1. The van der Waals surface area contributed by atoms with Gasteiger partial charge in [0.1, 0.15) is 5.67 Å². The summed E-state index contributed by atoms with van der Waals surface area (Å²) in [6.07, 6.45) is 6.94. The summed E-state index contributed by atoms with van der Waals surface area (Å²) in [6.45, 7) is 0.945. The van der Waals surface area contributed by atoms with E-state index >= 15 is 0 Å². The first-order valence-corrected chi connectivity index (χ1v) is 14.6. The Kier molecular flexibility index (Phi) is 5.87. The van der Waals surface area contributed by atoms with Crippen molar-refractivity contribution in [3.05, 3.63) is 36.0 Å². The molecule has 3 fully saturated rings. The van der Waals surface area contributed by atoms with E-state index in [4.69, 9.17) is 10.7 Å². The highest BCUT2D eigenvalue weighted by Crippen LogP contribution is 2.55. The topological polar surface area (TPSA) is 143 Å². The number of carbonyl (C=O) groups is 1. The summed E-state index contributed by atoms with van der Waals surface area (Å²) in [5, 5.41) is 14.3. The first-order valence-electron chi connectivity index (χ1n) is 13.0. The molecule has 0 atom stereocenters. The van der Waals surface area contributed by atoms with Crippen LogP contribution in [0.2, 0.25) is 0 Å². The Bertz CT molecular complexity index is 1520. The number of nitrogens with zero attached hydrogens (tertiary/aromatic N) is 4. The van der Waals surface area contributed by atoms with Gasteiger partial charge in [0, 0.05) is 24.0 Å². The Labute approximate surface area is 220 Å². The molecule has 3 aliphatic rings. The minimum atomic E-state index is -3.89. The number of aliphatic hydroxyl groups excluding tert-OH is 1. The molecule has 2 saturated carbocycles. The average Bonchev–Trinajstić information content (AvgIpc) is 3.77. The molecular weight excluding hydrogens is 511 g/mol. The van der Waals surface area contributed by atoms with Crippen LogP contribution in [-0.2, 0) is 16.6 Å². The number of nitrogens with two attached hydrogens (primary N) is 1. The van der Waals surface area contributed by atoms with Gasteiger partial charge in [0.05, 0.1) is 47.7 Å². The number of hydrogen-bond donors (Lipinski definition) is 3. The minimum absolute atomic E-state index is 0.0886. The van der Waals surface area contributed by atoms with E-state index in [2.05, 4.69) is 14.7 Å². The monoisotopic (exact) mass is 542 g/mol. The number of nitrogens with one attached hydrogen (secondary N) is 1. The Hall–Kier alpha value is -3.25. The van der Waals surface area contributed by atoms with Crippen molar-refractivity contribution < 1.29 is 22.7 Å². The third kappa shape index (κ3) is 4.71. The highest BCUT2D eigenvalue weighted by atomic mass is 32.2. The highest BCUT2D eigenvalue weighted by Gasteiger charge is 2.45. The number of anilines is 2. The Balaban J connectivity index is 1.52. The normalized spacial score (nSPS) is 19.6. The van der Waals surface area contributed by atoms with Gasteiger partial charge in [0.15, 0.2) is 5.65 Å². The molecular formula is C26H31FN6O4S. The number of piperidine rings is 1. The number of aromatic nitrogens is 3. The maximum atomic E-state index is 14.6. The summed E-state index contributed by atoms with van der Waals surface area (Å²) in [7, 11) is -3.89. The van der Waals surface area contributed by atoms with Crippen LogP contribution >= 0.6 is 0 Å². The molecule has 0 unspecified atom stereocenters. The molecule has 1 aliphatic heterocycles. The number of halogens is 1. The Morgan fingerprint density at radius 2 is 1.84 bits per heavy atom. The van der Waals surface area contributed by atoms with Crippen molar-refractivity contribution in [2.24, 2.45) is 11.1 Å². The molecule has 0 bridgehead atoms. The fourth-order valence-electron chi connectivity index (χ4n) is 5.45. The van der Waals surface area contributed by atoms with E-state index in [1.165, 1.54) is 29.7 Å². The summed E-state index contributed by atoms with van der Waals surface area (Å²) >= 11 is 0. The quantitative estimate of drug-likeness (QED) is 0.377. The predicted molar refractivity (Wildman–Crippen MR) is 142 cm³/mol. The molecule has 3 aromatic rings. The van der Waals surface area contributed by atoms with Crippen molar-refractivity contribution >= 4 is 38.3 Å². The van der Waals surface area contributed by atoms with Crippen LogP contribution in [0.3, 0.4) is 0 Å². The number of alkyl halides is 1. The first-order chi connectivity index (χ1) is 18.1. The van der Waals surface area contributed by atoms with Crippen molar-refractivity contribution in [2.75, 3.05) is 35.1 Å². The van der Waals surface area contributed by atoms with Gasteiger partial charge < -0.3 is 15.7 Å². The van der Waals surface area contributed by atoms with Gasteiger partial charge >= 0.3 is 0 Å². The summed E-state index contributed by atoms with van der Waals surface area (Å²) in [5.74, 6) is -1.11. The van der Waals surface area contributed by atoms with Gasteiger partial charge in [-0.1, -0.05) is 0 Å². The summed E-state index contributed by atoms with van der Waals surface area (Å²) < 4.78 is 44.2. The number of benzene rings is 1. The fourth-order valence-corrected chi connectivity index (χ4v) is 6.30. The number of carbonyl (C=O) groups excluding carboxylic acids is 1. The fraction of sp³-hybridized carbons (Fsp3) is 0.500. The van der Waals surface area contributed by atoms with E-state index in [9.17, 15) is 22.7 Å². The molecule has 2 aromatic heterocycles. The summed E-state index contributed by atoms with van der Waals surface area (Å²) in [5.41, 5.74) is 7.24. The van der Waals surface area contributed by atoms with Crippen molar-refractivity contribution in [3.8, 4) is 11.3 Å². The molecule has 1 saturated heterocycles. The van der Waals surface area contributed by atoms with Crippen molar-refractivity contribution in [2.45, 2.75) is 50.7 Å². The van der Waals surface area contributed by atoms with E-state index in [1.54, 1.807) is 18.3 Å². The molecule has 1 amide bonds.